The fraction of sp³-hybridized carbons (Fsp3) is 0.538. The monoisotopic (exact) mass is 259 g/mol. The van der Waals surface area contributed by atoms with E-state index in [4.69, 9.17) is 5.26 Å². The van der Waals surface area contributed by atoms with E-state index in [1.54, 1.807) is 0 Å². The van der Waals surface area contributed by atoms with Crippen molar-refractivity contribution in [2.45, 2.75) is 38.8 Å². The molecule has 0 saturated carbocycles. The van der Waals surface area contributed by atoms with Crippen molar-refractivity contribution >= 4 is 11.7 Å². The Morgan fingerprint density at radius 3 is 2.63 bits per heavy atom. The number of nitrogens with one attached hydrogen (secondary N) is 1. The highest BCUT2D eigenvalue weighted by molar-refractivity contribution is 5.80. The molecule has 1 saturated heterocycles. The lowest BCUT2D eigenvalue weighted by Crippen LogP contribution is -2.43. The van der Waals surface area contributed by atoms with Crippen molar-refractivity contribution in [1.82, 2.24) is 14.9 Å². The van der Waals surface area contributed by atoms with Crippen molar-refractivity contribution in [3.8, 4) is 6.07 Å². The van der Waals surface area contributed by atoms with Crippen LogP contribution in [0.25, 0.3) is 0 Å². The first-order valence-corrected chi connectivity index (χ1v) is 6.19. The molecular weight excluding hydrogens is 242 g/mol. The summed E-state index contributed by atoms with van der Waals surface area (Å²) in [5.74, 6) is 0.735. The van der Waals surface area contributed by atoms with E-state index in [0.29, 0.717) is 18.8 Å². The number of amides is 1. The smallest absolute Gasteiger partial charge is 0.225 e. The third kappa shape index (κ3) is 2.99. The minimum absolute atomic E-state index is 0.0361. The van der Waals surface area contributed by atoms with Crippen molar-refractivity contribution < 1.29 is 4.79 Å². The minimum Gasteiger partial charge on any atom is -0.364 e. The van der Waals surface area contributed by atoms with Gasteiger partial charge >= 0.3 is 0 Å². The van der Waals surface area contributed by atoms with E-state index < -0.39 is 0 Å². The molecule has 0 radical (unpaired) electrons. The van der Waals surface area contributed by atoms with Gasteiger partial charge in [-0.05, 0) is 20.8 Å². The Balaban J connectivity index is 2.01. The van der Waals surface area contributed by atoms with Gasteiger partial charge in [-0.1, -0.05) is 0 Å². The molecule has 0 aromatic carbocycles. The molecule has 1 aliphatic rings. The number of carbonyl (C=O) groups excluding carboxylic acids is 1. The van der Waals surface area contributed by atoms with E-state index in [9.17, 15) is 4.79 Å². The van der Waals surface area contributed by atoms with Crippen molar-refractivity contribution in [2.24, 2.45) is 0 Å². The Hall–Kier alpha value is -2.16. The summed E-state index contributed by atoms with van der Waals surface area (Å²) in [4.78, 5) is 21.8. The van der Waals surface area contributed by atoms with E-state index >= 15 is 0 Å². The SMILES string of the molecule is CC(C)(C)N1CC(Nc2cnc(C#N)cn2)CC1=O. The van der Waals surface area contributed by atoms with Gasteiger partial charge in [-0.25, -0.2) is 9.97 Å². The van der Waals surface area contributed by atoms with Crippen LogP contribution >= 0.6 is 0 Å². The van der Waals surface area contributed by atoms with Crippen LogP contribution in [-0.4, -0.2) is 38.9 Å². The summed E-state index contributed by atoms with van der Waals surface area (Å²) in [5, 5.41) is 11.8. The molecule has 6 nitrogen and oxygen atoms in total. The van der Waals surface area contributed by atoms with Crippen LogP contribution < -0.4 is 5.32 Å². The lowest BCUT2D eigenvalue weighted by Gasteiger charge is -2.32. The molecule has 1 atom stereocenters. The minimum atomic E-state index is -0.163. The predicted octanol–water partition coefficient (Wildman–Crippen LogP) is 1.16. The lowest BCUT2D eigenvalue weighted by molar-refractivity contribution is -0.131. The van der Waals surface area contributed by atoms with Crippen LogP contribution in [0.1, 0.15) is 32.9 Å². The number of rotatable bonds is 2. The largest absolute Gasteiger partial charge is 0.364 e. The van der Waals surface area contributed by atoms with Crippen LogP contribution in [0, 0.1) is 11.3 Å². The maximum absolute atomic E-state index is 11.9. The van der Waals surface area contributed by atoms with Crippen LogP contribution in [0.15, 0.2) is 12.4 Å². The van der Waals surface area contributed by atoms with Gasteiger partial charge in [0.1, 0.15) is 11.9 Å². The molecule has 1 fully saturated rings. The Morgan fingerprint density at radius 1 is 1.42 bits per heavy atom. The summed E-state index contributed by atoms with van der Waals surface area (Å²) in [5.41, 5.74) is 0.119. The summed E-state index contributed by atoms with van der Waals surface area (Å²) in [6, 6.07) is 1.95. The van der Waals surface area contributed by atoms with Gasteiger partial charge in [-0.15, -0.1) is 0 Å². The Bertz CT molecular complexity index is 511. The fourth-order valence-electron chi connectivity index (χ4n) is 2.12. The Morgan fingerprint density at radius 2 is 2.16 bits per heavy atom. The van der Waals surface area contributed by atoms with Crippen molar-refractivity contribution in [3.63, 3.8) is 0 Å². The zero-order valence-corrected chi connectivity index (χ0v) is 11.3. The van der Waals surface area contributed by atoms with Crippen LogP contribution in [-0.2, 0) is 4.79 Å². The first-order valence-electron chi connectivity index (χ1n) is 6.19. The Kier molecular flexibility index (Phi) is 3.38. The molecule has 6 heteroatoms. The quantitative estimate of drug-likeness (QED) is 0.861. The van der Waals surface area contributed by atoms with Crippen LogP contribution in [0.5, 0.6) is 0 Å². The second-order valence-electron chi connectivity index (χ2n) is 5.62. The molecule has 19 heavy (non-hydrogen) atoms. The molecule has 0 bridgehead atoms. The van der Waals surface area contributed by atoms with Gasteiger partial charge in [0.05, 0.1) is 18.4 Å². The first kappa shape index (κ1) is 13.3. The third-order valence-corrected chi connectivity index (χ3v) is 3.05. The summed E-state index contributed by atoms with van der Waals surface area (Å²) in [7, 11) is 0. The van der Waals surface area contributed by atoms with Gasteiger partial charge in [0, 0.05) is 18.5 Å². The highest BCUT2D eigenvalue weighted by atomic mass is 16.2. The summed E-state index contributed by atoms with van der Waals surface area (Å²) < 4.78 is 0. The zero-order valence-electron chi connectivity index (χ0n) is 11.3. The Labute approximate surface area is 112 Å². The molecule has 1 aromatic heterocycles. The van der Waals surface area contributed by atoms with Gasteiger partial charge in [0.2, 0.25) is 5.91 Å². The maximum Gasteiger partial charge on any atom is 0.225 e. The molecule has 1 N–H and O–H groups in total. The molecule has 100 valence electrons. The summed E-state index contributed by atoms with van der Waals surface area (Å²) in [6.07, 6.45) is 3.39. The fourth-order valence-corrected chi connectivity index (χ4v) is 2.12. The molecular formula is C13H17N5O. The summed E-state index contributed by atoms with van der Waals surface area (Å²) in [6.45, 7) is 6.72. The number of hydrogen-bond acceptors (Lipinski definition) is 5. The van der Waals surface area contributed by atoms with Gasteiger partial charge in [-0.3, -0.25) is 4.79 Å². The molecule has 2 rings (SSSR count). The topological polar surface area (TPSA) is 81.9 Å². The van der Waals surface area contributed by atoms with E-state index in [1.807, 2.05) is 31.7 Å². The van der Waals surface area contributed by atoms with E-state index in [0.717, 1.165) is 0 Å². The second-order valence-corrected chi connectivity index (χ2v) is 5.62. The standard InChI is InChI=1S/C13H17N5O/c1-13(2,3)18-8-9(4-12(18)19)17-11-7-15-10(5-14)6-16-11/h6-7,9H,4,8H2,1-3H3,(H,16,17). The molecule has 1 aliphatic heterocycles. The maximum atomic E-state index is 11.9. The zero-order chi connectivity index (χ0) is 14.0. The molecule has 0 spiro atoms. The number of hydrogen-bond donors (Lipinski definition) is 1. The van der Waals surface area contributed by atoms with Crippen molar-refractivity contribution in [3.05, 3.63) is 18.1 Å². The normalized spacial score (nSPS) is 19.4. The van der Waals surface area contributed by atoms with Crippen LogP contribution in [0.4, 0.5) is 5.82 Å². The number of carbonyl (C=O) groups is 1. The third-order valence-electron chi connectivity index (χ3n) is 3.05. The van der Waals surface area contributed by atoms with E-state index in [-0.39, 0.29) is 23.2 Å². The van der Waals surface area contributed by atoms with Gasteiger partial charge in [0.15, 0.2) is 5.69 Å². The predicted molar refractivity (Wildman–Crippen MR) is 70.2 cm³/mol. The first-order chi connectivity index (χ1) is 8.90. The van der Waals surface area contributed by atoms with Gasteiger partial charge < -0.3 is 10.2 Å². The molecule has 1 unspecified atom stereocenters. The number of aromatic nitrogens is 2. The van der Waals surface area contributed by atoms with Crippen molar-refractivity contribution in [1.29, 1.82) is 5.26 Å². The lowest BCUT2D eigenvalue weighted by atomic mass is 10.1. The van der Waals surface area contributed by atoms with E-state index in [2.05, 4.69) is 15.3 Å². The molecule has 1 aromatic rings. The number of likely N-dealkylation sites (tertiary alicyclic amines) is 1. The van der Waals surface area contributed by atoms with E-state index in [1.165, 1.54) is 12.4 Å². The van der Waals surface area contributed by atoms with Crippen molar-refractivity contribution in [2.75, 3.05) is 11.9 Å². The number of anilines is 1. The van der Waals surface area contributed by atoms with Crippen LogP contribution in [0.2, 0.25) is 0 Å². The average Bonchev–Trinajstić information content (AvgIpc) is 2.71. The van der Waals surface area contributed by atoms with Crippen LogP contribution in [0.3, 0.4) is 0 Å². The number of nitrogens with zero attached hydrogens (tertiary/aromatic N) is 4. The second kappa shape index (κ2) is 4.84. The molecule has 2 heterocycles. The molecule has 1 amide bonds. The highest BCUT2D eigenvalue weighted by Crippen LogP contribution is 2.23. The van der Waals surface area contributed by atoms with Gasteiger partial charge in [0.25, 0.3) is 0 Å². The average molecular weight is 259 g/mol. The summed E-state index contributed by atoms with van der Waals surface area (Å²) >= 11 is 0. The number of nitriles is 1. The highest BCUT2D eigenvalue weighted by Gasteiger charge is 2.36. The van der Waals surface area contributed by atoms with Gasteiger partial charge in [-0.2, -0.15) is 5.26 Å². The molecule has 0 aliphatic carbocycles.